The van der Waals surface area contributed by atoms with Gasteiger partial charge >= 0.3 is 5.97 Å². The summed E-state index contributed by atoms with van der Waals surface area (Å²) in [6.07, 6.45) is 0.655. The van der Waals surface area contributed by atoms with E-state index < -0.39 is 16.0 Å². The van der Waals surface area contributed by atoms with Crippen LogP contribution in [0.15, 0.2) is 77.7 Å². The summed E-state index contributed by atoms with van der Waals surface area (Å²) in [6.45, 7) is 0.374. The molecule has 1 aliphatic rings. The first kappa shape index (κ1) is 21.7. The van der Waals surface area contributed by atoms with Gasteiger partial charge in [0.15, 0.2) is 0 Å². The first-order valence-electron chi connectivity index (χ1n) is 10.1. The van der Waals surface area contributed by atoms with Crippen molar-refractivity contribution < 1.29 is 22.7 Å². The lowest BCUT2D eigenvalue weighted by molar-refractivity contribution is 0.0252. The topological polar surface area (TPSA) is 116 Å². The normalized spacial score (nSPS) is 15.5. The lowest BCUT2D eigenvalue weighted by Crippen LogP contribution is -2.27. The van der Waals surface area contributed by atoms with E-state index in [9.17, 15) is 18.0 Å². The molecule has 0 saturated heterocycles. The maximum absolute atomic E-state index is 12.6. The molecule has 1 atom stereocenters. The van der Waals surface area contributed by atoms with Crippen molar-refractivity contribution in [3.05, 3.63) is 101 Å². The molecule has 1 amide bonds. The summed E-state index contributed by atoms with van der Waals surface area (Å²) >= 11 is 0. The zero-order valence-electron chi connectivity index (χ0n) is 17.2. The van der Waals surface area contributed by atoms with E-state index >= 15 is 0 Å². The summed E-state index contributed by atoms with van der Waals surface area (Å²) in [5.74, 6) is -0.640. The Morgan fingerprint density at radius 3 is 2.44 bits per heavy atom. The summed E-state index contributed by atoms with van der Waals surface area (Å²) in [5.41, 5.74) is 3.51. The van der Waals surface area contributed by atoms with Crippen LogP contribution in [0.4, 0.5) is 0 Å². The van der Waals surface area contributed by atoms with Gasteiger partial charge in [-0.25, -0.2) is 18.4 Å². The number of carbonyl (C=O) groups excluding carboxylic acids is 2. The number of hydrogen-bond acceptors (Lipinski definition) is 5. The van der Waals surface area contributed by atoms with E-state index in [1.54, 1.807) is 30.3 Å². The number of esters is 1. The fraction of sp³-hybridized carbons (Fsp3) is 0.167. The Bertz CT molecular complexity index is 1260. The molecule has 0 saturated carbocycles. The van der Waals surface area contributed by atoms with Crippen LogP contribution in [-0.4, -0.2) is 26.8 Å². The predicted molar refractivity (Wildman–Crippen MR) is 119 cm³/mol. The molecular formula is C24H22N2O5S. The molecule has 4 rings (SSSR count). The number of benzene rings is 3. The third kappa shape index (κ3) is 4.87. The van der Waals surface area contributed by atoms with Gasteiger partial charge in [0.25, 0.3) is 5.91 Å². The monoisotopic (exact) mass is 450 g/mol. The smallest absolute Gasteiger partial charge is 0.339 e. The number of nitrogens with two attached hydrogens (primary N) is 1. The van der Waals surface area contributed by atoms with Crippen LogP contribution in [-0.2, 0) is 27.6 Å². The quantitative estimate of drug-likeness (QED) is 0.560. The highest BCUT2D eigenvalue weighted by Crippen LogP contribution is 2.31. The fourth-order valence-electron chi connectivity index (χ4n) is 3.66. The summed E-state index contributed by atoms with van der Waals surface area (Å²) in [4.78, 5) is 25.1. The highest BCUT2D eigenvalue weighted by atomic mass is 32.2. The molecule has 0 spiro atoms. The second-order valence-electron chi connectivity index (χ2n) is 7.58. The first-order chi connectivity index (χ1) is 15.3. The van der Waals surface area contributed by atoms with Crippen molar-refractivity contribution in [2.24, 2.45) is 5.14 Å². The molecule has 8 heteroatoms. The molecule has 32 heavy (non-hydrogen) atoms. The van der Waals surface area contributed by atoms with Crippen molar-refractivity contribution in [3.8, 4) is 0 Å². The second-order valence-corrected chi connectivity index (χ2v) is 9.14. The Kier molecular flexibility index (Phi) is 6.07. The average molecular weight is 451 g/mol. The summed E-state index contributed by atoms with van der Waals surface area (Å²) in [5, 5.41) is 7.95. The molecular weight excluding hydrogens is 428 g/mol. The van der Waals surface area contributed by atoms with Gasteiger partial charge in [-0.05, 0) is 53.4 Å². The SMILES string of the molecule is NS(=O)(=O)c1ccc(CCNC(=O)c2ccc3c(c2)C[C@@H](c2ccccc2)OC3=O)cc1. The average Bonchev–Trinajstić information content (AvgIpc) is 2.79. The second kappa shape index (κ2) is 8.94. The van der Waals surface area contributed by atoms with Gasteiger partial charge in [0.1, 0.15) is 6.10 Å². The molecule has 0 radical (unpaired) electrons. The molecule has 0 aromatic heterocycles. The molecule has 1 heterocycles. The van der Waals surface area contributed by atoms with Crippen molar-refractivity contribution in [1.82, 2.24) is 5.32 Å². The van der Waals surface area contributed by atoms with Crippen molar-refractivity contribution in [3.63, 3.8) is 0 Å². The maximum atomic E-state index is 12.6. The largest absolute Gasteiger partial charge is 0.454 e. The number of fused-ring (bicyclic) bond motifs is 1. The van der Waals surface area contributed by atoms with E-state index in [1.807, 2.05) is 30.3 Å². The predicted octanol–water partition coefficient (Wildman–Crippen LogP) is 2.76. The zero-order valence-corrected chi connectivity index (χ0v) is 18.0. The molecule has 164 valence electrons. The minimum atomic E-state index is -3.73. The van der Waals surface area contributed by atoms with Crippen LogP contribution in [0.5, 0.6) is 0 Å². The Hall–Kier alpha value is -3.49. The minimum Gasteiger partial charge on any atom is -0.454 e. The number of cyclic esters (lactones) is 1. The lowest BCUT2D eigenvalue weighted by atomic mass is 9.93. The van der Waals surface area contributed by atoms with Crippen LogP contribution in [0, 0.1) is 0 Å². The Labute approximate surface area is 186 Å². The van der Waals surface area contributed by atoms with Crippen molar-refractivity contribution in [2.75, 3.05) is 6.54 Å². The van der Waals surface area contributed by atoms with Gasteiger partial charge < -0.3 is 10.1 Å². The van der Waals surface area contributed by atoms with E-state index in [4.69, 9.17) is 9.88 Å². The number of amides is 1. The van der Waals surface area contributed by atoms with Gasteiger partial charge in [-0.3, -0.25) is 4.79 Å². The van der Waals surface area contributed by atoms with Gasteiger partial charge in [-0.15, -0.1) is 0 Å². The van der Waals surface area contributed by atoms with Gasteiger partial charge in [0.2, 0.25) is 10.0 Å². The van der Waals surface area contributed by atoms with Crippen LogP contribution in [0.25, 0.3) is 0 Å². The van der Waals surface area contributed by atoms with E-state index in [2.05, 4.69) is 5.32 Å². The number of primary sulfonamides is 1. The third-order valence-electron chi connectivity index (χ3n) is 5.36. The van der Waals surface area contributed by atoms with Gasteiger partial charge in [-0.2, -0.15) is 0 Å². The van der Waals surface area contributed by atoms with E-state index in [0.29, 0.717) is 30.5 Å². The van der Waals surface area contributed by atoms with Crippen LogP contribution >= 0.6 is 0 Å². The fourth-order valence-corrected chi connectivity index (χ4v) is 4.17. The molecule has 3 aromatic carbocycles. The standard InChI is InChI=1S/C24H22N2O5S/c25-32(29,30)20-9-6-16(7-10-20)12-13-26-23(27)18-8-11-21-19(14-18)15-22(31-24(21)28)17-4-2-1-3-5-17/h1-11,14,22H,12-13,15H2,(H,26,27)(H2,25,29,30)/t22-/m0/s1. The van der Waals surface area contributed by atoms with Crippen molar-refractivity contribution >= 4 is 21.9 Å². The molecule has 0 fully saturated rings. The Balaban J connectivity index is 1.40. The number of carbonyl (C=O) groups is 2. The van der Waals surface area contributed by atoms with E-state index in [-0.39, 0.29) is 16.9 Å². The van der Waals surface area contributed by atoms with Crippen LogP contribution < -0.4 is 10.5 Å². The van der Waals surface area contributed by atoms with Gasteiger partial charge in [-0.1, -0.05) is 42.5 Å². The molecule has 0 aliphatic carbocycles. The van der Waals surface area contributed by atoms with Gasteiger partial charge in [0.05, 0.1) is 10.5 Å². The molecule has 0 unspecified atom stereocenters. The minimum absolute atomic E-state index is 0.0479. The summed E-state index contributed by atoms with van der Waals surface area (Å²) in [7, 11) is -3.73. The first-order valence-corrected chi connectivity index (χ1v) is 11.6. The van der Waals surface area contributed by atoms with Gasteiger partial charge in [0, 0.05) is 18.5 Å². The summed E-state index contributed by atoms with van der Waals surface area (Å²) in [6, 6.07) is 20.7. The zero-order chi connectivity index (χ0) is 22.7. The highest BCUT2D eigenvalue weighted by Gasteiger charge is 2.28. The van der Waals surface area contributed by atoms with E-state index in [1.165, 1.54) is 12.1 Å². The third-order valence-corrected chi connectivity index (χ3v) is 6.29. The van der Waals surface area contributed by atoms with Crippen LogP contribution in [0.2, 0.25) is 0 Å². The summed E-state index contributed by atoms with van der Waals surface area (Å²) < 4.78 is 28.2. The molecule has 0 bridgehead atoms. The number of nitrogens with one attached hydrogen (secondary N) is 1. The lowest BCUT2D eigenvalue weighted by Gasteiger charge is -2.25. The molecule has 7 nitrogen and oxygen atoms in total. The van der Waals surface area contributed by atoms with E-state index in [0.717, 1.165) is 16.7 Å². The number of hydrogen-bond donors (Lipinski definition) is 2. The van der Waals surface area contributed by atoms with Crippen LogP contribution in [0.3, 0.4) is 0 Å². The van der Waals surface area contributed by atoms with Crippen LogP contribution in [0.1, 0.15) is 43.5 Å². The van der Waals surface area contributed by atoms with Crippen molar-refractivity contribution in [2.45, 2.75) is 23.8 Å². The number of rotatable bonds is 6. The maximum Gasteiger partial charge on any atom is 0.339 e. The van der Waals surface area contributed by atoms with Crippen molar-refractivity contribution in [1.29, 1.82) is 0 Å². The number of sulfonamides is 1. The molecule has 3 N–H and O–H groups in total. The molecule has 3 aromatic rings. The molecule has 1 aliphatic heterocycles. The Morgan fingerprint density at radius 2 is 1.75 bits per heavy atom. The highest BCUT2D eigenvalue weighted by molar-refractivity contribution is 7.89. The number of ether oxygens (including phenoxy) is 1. The Morgan fingerprint density at radius 1 is 1.03 bits per heavy atom.